The lowest BCUT2D eigenvalue weighted by atomic mass is 10.2. The minimum atomic E-state index is -3.72. The number of sulfonamides is 1. The lowest BCUT2D eigenvalue weighted by molar-refractivity contribution is 0.273. The first-order chi connectivity index (χ1) is 9.49. The normalized spacial score (nSPS) is 13.6. The average Bonchev–Trinajstić information content (AvgIpc) is 3.05. The van der Waals surface area contributed by atoms with E-state index in [-0.39, 0.29) is 16.6 Å². The molecule has 6 nitrogen and oxygen atoms in total. The van der Waals surface area contributed by atoms with E-state index in [1.807, 2.05) is 24.4 Å². The van der Waals surface area contributed by atoms with Crippen molar-refractivity contribution >= 4 is 21.4 Å². The van der Waals surface area contributed by atoms with Gasteiger partial charge in [-0.25, -0.2) is 13.1 Å². The summed E-state index contributed by atoms with van der Waals surface area (Å²) in [7, 11) is -3.72. The molecule has 0 spiro atoms. The number of aromatic nitrogens is 2. The van der Waals surface area contributed by atoms with Crippen molar-refractivity contribution < 1.29 is 13.5 Å². The maximum atomic E-state index is 12.5. The quantitative estimate of drug-likeness (QED) is 0.756. The molecule has 1 unspecified atom stereocenters. The molecule has 0 saturated heterocycles. The third kappa shape index (κ3) is 2.93. The van der Waals surface area contributed by atoms with E-state index >= 15 is 0 Å². The van der Waals surface area contributed by atoms with Gasteiger partial charge in [0.25, 0.3) is 0 Å². The van der Waals surface area contributed by atoms with Crippen LogP contribution in [0.4, 0.5) is 0 Å². The Hall–Kier alpha value is -1.22. The van der Waals surface area contributed by atoms with Gasteiger partial charge in [0.2, 0.25) is 10.0 Å². The average molecular weight is 315 g/mol. The number of aryl methyl sites for hydroxylation is 1. The molecular formula is C12H17N3O3S2. The third-order valence-corrected chi connectivity index (χ3v) is 5.63. The highest BCUT2D eigenvalue weighted by Crippen LogP contribution is 2.25. The Morgan fingerprint density at radius 3 is 2.85 bits per heavy atom. The number of H-pyrrole nitrogens is 1. The fraction of sp³-hybridized carbons (Fsp3) is 0.417. The van der Waals surface area contributed by atoms with Gasteiger partial charge in [-0.15, -0.1) is 11.3 Å². The van der Waals surface area contributed by atoms with Gasteiger partial charge in [-0.3, -0.25) is 5.10 Å². The van der Waals surface area contributed by atoms with E-state index in [0.717, 1.165) is 4.88 Å². The van der Waals surface area contributed by atoms with E-state index < -0.39 is 16.6 Å². The van der Waals surface area contributed by atoms with Crippen molar-refractivity contribution in [3.63, 3.8) is 0 Å². The summed E-state index contributed by atoms with van der Waals surface area (Å²) in [5, 5.41) is 17.5. The summed E-state index contributed by atoms with van der Waals surface area (Å²) >= 11 is 1.51. The fourth-order valence-electron chi connectivity index (χ4n) is 2.01. The number of hydrogen-bond acceptors (Lipinski definition) is 5. The predicted octanol–water partition coefficient (Wildman–Crippen LogP) is 1.70. The van der Waals surface area contributed by atoms with E-state index in [1.54, 1.807) is 6.92 Å². The van der Waals surface area contributed by atoms with Gasteiger partial charge in [0, 0.05) is 4.88 Å². The van der Waals surface area contributed by atoms with Gasteiger partial charge in [-0.2, -0.15) is 5.10 Å². The maximum absolute atomic E-state index is 12.5. The molecule has 0 bridgehead atoms. The largest absolute Gasteiger partial charge is 0.390 e. The van der Waals surface area contributed by atoms with Gasteiger partial charge in [0.05, 0.1) is 18.3 Å². The lowest BCUT2D eigenvalue weighted by Crippen LogP contribution is -2.28. The molecule has 2 heterocycles. The zero-order chi connectivity index (χ0) is 14.8. The molecule has 0 aliphatic rings. The molecule has 0 amide bonds. The zero-order valence-electron chi connectivity index (χ0n) is 11.3. The van der Waals surface area contributed by atoms with Crippen molar-refractivity contribution in [3.8, 4) is 0 Å². The van der Waals surface area contributed by atoms with E-state index in [9.17, 15) is 13.5 Å². The molecule has 20 heavy (non-hydrogen) atoms. The second kappa shape index (κ2) is 6.04. The van der Waals surface area contributed by atoms with E-state index in [2.05, 4.69) is 14.9 Å². The Kier molecular flexibility index (Phi) is 4.59. The Balaban J connectivity index is 2.33. The van der Waals surface area contributed by atoms with Crippen LogP contribution < -0.4 is 4.72 Å². The highest BCUT2D eigenvalue weighted by atomic mass is 32.2. The summed E-state index contributed by atoms with van der Waals surface area (Å²) in [6.07, 6.45) is 0.644. The molecule has 2 aromatic rings. The summed E-state index contributed by atoms with van der Waals surface area (Å²) < 4.78 is 27.6. The molecule has 0 aliphatic heterocycles. The lowest BCUT2D eigenvalue weighted by Gasteiger charge is -2.16. The van der Waals surface area contributed by atoms with Crippen LogP contribution in [-0.2, 0) is 16.6 Å². The number of nitrogens with one attached hydrogen (secondary N) is 2. The van der Waals surface area contributed by atoms with Crippen LogP contribution in [0, 0.1) is 6.92 Å². The van der Waals surface area contributed by atoms with E-state index in [0.29, 0.717) is 12.1 Å². The molecule has 2 aromatic heterocycles. The molecule has 0 saturated carbocycles. The summed E-state index contributed by atoms with van der Waals surface area (Å²) in [5.74, 6) is 0. The first-order valence-corrected chi connectivity index (χ1v) is 8.56. The third-order valence-electron chi connectivity index (χ3n) is 2.97. The van der Waals surface area contributed by atoms with Crippen molar-refractivity contribution in [1.82, 2.24) is 14.9 Å². The molecule has 8 heteroatoms. The van der Waals surface area contributed by atoms with Gasteiger partial charge >= 0.3 is 0 Å². The van der Waals surface area contributed by atoms with Crippen LogP contribution in [-0.4, -0.2) is 23.7 Å². The van der Waals surface area contributed by atoms with Crippen LogP contribution in [0.5, 0.6) is 0 Å². The van der Waals surface area contributed by atoms with Crippen molar-refractivity contribution in [2.75, 3.05) is 0 Å². The number of aliphatic hydroxyl groups is 1. The molecule has 1 atom stereocenters. The van der Waals surface area contributed by atoms with Gasteiger partial charge < -0.3 is 5.11 Å². The minimum Gasteiger partial charge on any atom is -0.390 e. The maximum Gasteiger partial charge on any atom is 0.244 e. The molecule has 110 valence electrons. The number of aliphatic hydroxyl groups excluding tert-OH is 1. The monoisotopic (exact) mass is 315 g/mol. The Morgan fingerprint density at radius 2 is 2.30 bits per heavy atom. The van der Waals surface area contributed by atoms with Crippen molar-refractivity contribution in [1.29, 1.82) is 0 Å². The highest BCUT2D eigenvalue weighted by Gasteiger charge is 2.27. The first-order valence-electron chi connectivity index (χ1n) is 6.20. The summed E-state index contributed by atoms with van der Waals surface area (Å²) in [6, 6.07) is 3.51. The smallest absolute Gasteiger partial charge is 0.244 e. The van der Waals surface area contributed by atoms with Crippen molar-refractivity contribution in [2.24, 2.45) is 0 Å². The van der Waals surface area contributed by atoms with Crippen LogP contribution in [0.1, 0.15) is 35.7 Å². The Labute approximate surface area is 121 Å². The first kappa shape index (κ1) is 15.2. The second-order valence-corrected chi connectivity index (χ2v) is 7.01. The number of rotatable bonds is 6. The van der Waals surface area contributed by atoms with Crippen LogP contribution in [0.3, 0.4) is 0 Å². The molecule has 0 fully saturated rings. The van der Waals surface area contributed by atoms with Crippen LogP contribution >= 0.6 is 11.3 Å². The number of aromatic amines is 1. The van der Waals surface area contributed by atoms with E-state index in [4.69, 9.17) is 0 Å². The SMILES string of the molecule is CCC(NS(=O)(=O)c1c(CO)n[nH]c1C)c1cccs1. The molecule has 0 aliphatic carbocycles. The van der Waals surface area contributed by atoms with Gasteiger partial charge in [-0.1, -0.05) is 13.0 Å². The van der Waals surface area contributed by atoms with E-state index in [1.165, 1.54) is 11.3 Å². The highest BCUT2D eigenvalue weighted by molar-refractivity contribution is 7.89. The van der Waals surface area contributed by atoms with Crippen molar-refractivity contribution in [2.45, 2.75) is 37.8 Å². The standard InChI is InChI=1S/C12H17N3O3S2/c1-3-9(11-5-4-6-19-11)15-20(17,18)12-8(2)13-14-10(12)7-16/h4-6,9,15-16H,3,7H2,1-2H3,(H,13,14). The molecule has 2 rings (SSSR count). The number of hydrogen-bond donors (Lipinski definition) is 3. The fourth-order valence-corrected chi connectivity index (χ4v) is 4.60. The summed E-state index contributed by atoms with van der Waals surface area (Å²) in [5.41, 5.74) is 0.554. The van der Waals surface area contributed by atoms with Gasteiger partial charge in [-0.05, 0) is 24.8 Å². The minimum absolute atomic E-state index is 0.0370. The second-order valence-electron chi connectivity index (χ2n) is 4.38. The summed E-state index contributed by atoms with van der Waals surface area (Å²) in [4.78, 5) is 0.998. The molecule has 3 N–H and O–H groups in total. The summed E-state index contributed by atoms with van der Waals surface area (Å²) in [6.45, 7) is 3.12. The Morgan fingerprint density at radius 1 is 1.55 bits per heavy atom. The van der Waals surface area contributed by atoms with Gasteiger partial charge in [0.1, 0.15) is 10.6 Å². The van der Waals surface area contributed by atoms with Crippen LogP contribution in [0.15, 0.2) is 22.4 Å². The molecule has 0 aromatic carbocycles. The van der Waals surface area contributed by atoms with Crippen LogP contribution in [0.25, 0.3) is 0 Å². The number of nitrogens with zero attached hydrogens (tertiary/aromatic N) is 1. The zero-order valence-corrected chi connectivity index (χ0v) is 12.9. The number of thiophene rings is 1. The van der Waals surface area contributed by atoms with Crippen LogP contribution in [0.2, 0.25) is 0 Å². The Bertz CT molecular complexity index is 662. The molecular weight excluding hydrogens is 298 g/mol. The van der Waals surface area contributed by atoms with Gasteiger partial charge in [0.15, 0.2) is 0 Å². The molecule has 0 radical (unpaired) electrons. The topological polar surface area (TPSA) is 95.1 Å². The predicted molar refractivity (Wildman–Crippen MR) is 76.9 cm³/mol. The van der Waals surface area contributed by atoms with Crippen molar-refractivity contribution in [3.05, 3.63) is 33.8 Å².